The molecule has 0 atom stereocenters. The van der Waals surface area contributed by atoms with Gasteiger partial charge in [0.2, 0.25) is 0 Å². The second kappa shape index (κ2) is 14.2. The number of benzene rings is 10. The van der Waals surface area contributed by atoms with Gasteiger partial charge in [-0.25, -0.2) is 4.98 Å². The maximum Gasteiger partial charge on any atom is 0.0715 e. The lowest BCUT2D eigenvalue weighted by molar-refractivity contribution is 0.769. The van der Waals surface area contributed by atoms with Gasteiger partial charge in [-0.2, -0.15) is 0 Å². The van der Waals surface area contributed by atoms with Gasteiger partial charge in [-0.1, -0.05) is 212 Å². The standard InChI is InChI=1S/C60H39N/c1-5-18-40(19-6-1)44-38-57(41-20-7-2-8-21-41)61-58(39-44)43-33-35-53-54(36-43)49-27-14-13-26-48(49)52-30-17-29-47(59(52)53)42-32-34-51-50-28-15-16-31-55(50)60(56(51)37-42,45-22-9-3-10-23-45)46-24-11-4-12-25-46/h1-39H. The summed E-state index contributed by atoms with van der Waals surface area (Å²) in [5, 5.41) is 7.46. The first-order chi connectivity index (χ1) is 30.3. The van der Waals surface area contributed by atoms with E-state index in [2.05, 4.69) is 237 Å². The average Bonchev–Trinajstić information content (AvgIpc) is 3.65. The molecule has 284 valence electrons. The van der Waals surface area contributed by atoms with E-state index in [1.807, 2.05) is 0 Å². The third-order valence-electron chi connectivity index (χ3n) is 12.9. The first-order valence-electron chi connectivity index (χ1n) is 21.1. The molecule has 0 bridgehead atoms. The summed E-state index contributed by atoms with van der Waals surface area (Å²) in [4.78, 5) is 5.33. The number of rotatable bonds is 6. The Balaban J connectivity index is 1.10. The summed E-state index contributed by atoms with van der Waals surface area (Å²) in [6.45, 7) is 0. The van der Waals surface area contributed by atoms with Crippen LogP contribution in [0.15, 0.2) is 237 Å². The number of fused-ring (bicyclic) bond motifs is 9. The number of pyridine rings is 1. The van der Waals surface area contributed by atoms with Crippen LogP contribution in [0.5, 0.6) is 0 Å². The highest BCUT2D eigenvalue weighted by molar-refractivity contribution is 6.28. The molecule has 0 saturated carbocycles. The van der Waals surface area contributed by atoms with Crippen LogP contribution in [0.2, 0.25) is 0 Å². The summed E-state index contributed by atoms with van der Waals surface area (Å²) in [6, 6.07) is 86.7. The Morgan fingerprint density at radius 1 is 0.262 bits per heavy atom. The largest absolute Gasteiger partial charge is 0.248 e. The van der Waals surface area contributed by atoms with E-state index in [1.165, 1.54) is 82.4 Å². The normalized spacial score (nSPS) is 12.7. The first-order valence-corrected chi connectivity index (χ1v) is 21.1. The minimum absolute atomic E-state index is 0.474. The molecule has 0 unspecified atom stereocenters. The van der Waals surface area contributed by atoms with Crippen molar-refractivity contribution < 1.29 is 0 Å². The van der Waals surface area contributed by atoms with Crippen molar-refractivity contribution in [3.63, 3.8) is 0 Å². The van der Waals surface area contributed by atoms with Crippen molar-refractivity contribution in [2.24, 2.45) is 0 Å². The van der Waals surface area contributed by atoms with Gasteiger partial charge < -0.3 is 0 Å². The Labute approximate surface area is 355 Å². The molecule has 10 aromatic carbocycles. The fraction of sp³-hybridized carbons (Fsp3) is 0.0167. The van der Waals surface area contributed by atoms with E-state index in [0.29, 0.717) is 0 Å². The molecule has 0 fully saturated rings. The van der Waals surface area contributed by atoms with Gasteiger partial charge in [0.25, 0.3) is 0 Å². The van der Waals surface area contributed by atoms with E-state index in [0.717, 1.165) is 28.1 Å². The smallest absolute Gasteiger partial charge is 0.0715 e. The van der Waals surface area contributed by atoms with Crippen LogP contribution >= 0.6 is 0 Å². The molecule has 1 nitrogen and oxygen atoms in total. The van der Waals surface area contributed by atoms with E-state index in [9.17, 15) is 0 Å². The van der Waals surface area contributed by atoms with Crippen LogP contribution in [0.3, 0.4) is 0 Å². The molecule has 1 aliphatic carbocycles. The highest BCUT2D eigenvalue weighted by Crippen LogP contribution is 2.57. The Bertz CT molecular complexity index is 3350. The Morgan fingerprint density at radius 3 is 1.48 bits per heavy atom. The van der Waals surface area contributed by atoms with Crippen LogP contribution < -0.4 is 0 Å². The lowest BCUT2D eigenvalue weighted by Gasteiger charge is -2.34. The molecule has 0 aliphatic heterocycles. The molecule has 12 rings (SSSR count). The lowest BCUT2D eigenvalue weighted by Crippen LogP contribution is -2.28. The molecule has 1 heteroatoms. The van der Waals surface area contributed by atoms with Crippen molar-refractivity contribution in [1.82, 2.24) is 4.98 Å². The summed E-state index contributed by atoms with van der Waals surface area (Å²) >= 11 is 0. The van der Waals surface area contributed by atoms with Gasteiger partial charge in [0, 0.05) is 11.1 Å². The second-order valence-electron chi connectivity index (χ2n) is 16.2. The summed E-state index contributed by atoms with van der Waals surface area (Å²) in [6.07, 6.45) is 0. The first kappa shape index (κ1) is 35.1. The fourth-order valence-corrected chi connectivity index (χ4v) is 10.2. The maximum absolute atomic E-state index is 5.33. The van der Waals surface area contributed by atoms with E-state index >= 15 is 0 Å². The maximum atomic E-state index is 5.33. The number of aromatic nitrogens is 1. The van der Waals surface area contributed by atoms with Gasteiger partial charge in [-0.3, -0.25) is 0 Å². The summed E-state index contributed by atoms with van der Waals surface area (Å²) in [7, 11) is 0. The number of hydrogen-bond donors (Lipinski definition) is 0. The Kier molecular flexibility index (Phi) is 8.15. The van der Waals surface area contributed by atoms with Crippen molar-refractivity contribution in [2.45, 2.75) is 5.41 Å². The van der Waals surface area contributed by atoms with E-state index in [1.54, 1.807) is 0 Å². The number of hydrogen-bond acceptors (Lipinski definition) is 1. The molecule has 61 heavy (non-hydrogen) atoms. The molecule has 0 saturated heterocycles. The van der Waals surface area contributed by atoms with Gasteiger partial charge in [0.05, 0.1) is 16.8 Å². The minimum atomic E-state index is -0.474. The van der Waals surface area contributed by atoms with Crippen LogP contribution in [-0.4, -0.2) is 4.98 Å². The third-order valence-corrected chi connectivity index (χ3v) is 12.9. The topological polar surface area (TPSA) is 12.9 Å². The van der Waals surface area contributed by atoms with Gasteiger partial charge in [-0.15, -0.1) is 0 Å². The van der Waals surface area contributed by atoms with Crippen LogP contribution in [0.1, 0.15) is 22.3 Å². The number of nitrogens with zero attached hydrogens (tertiary/aromatic N) is 1. The van der Waals surface area contributed by atoms with Gasteiger partial charge >= 0.3 is 0 Å². The van der Waals surface area contributed by atoms with Crippen LogP contribution in [-0.2, 0) is 5.41 Å². The molecule has 1 heterocycles. The quantitative estimate of drug-likeness (QED) is 0.153. The average molecular weight is 774 g/mol. The fourth-order valence-electron chi connectivity index (χ4n) is 10.2. The van der Waals surface area contributed by atoms with Crippen molar-refractivity contribution in [3.05, 3.63) is 259 Å². The molecule has 1 aromatic heterocycles. The van der Waals surface area contributed by atoms with E-state index in [4.69, 9.17) is 4.98 Å². The highest BCUT2D eigenvalue weighted by Gasteiger charge is 2.46. The van der Waals surface area contributed by atoms with E-state index in [-0.39, 0.29) is 0 Å². The van der Waals surface area contributed by atoms with Crippen molar-refractivity contribution in [3.8, 4) is 55.9 Å². The lowest BCUT2D eigenvalue weighted by atomic mass is 9.67. The zero-order chi connectivity index (χ0) is 40.3. The van der Waals surface area contributed by atoms with Crippen molar-refractivity contribution >= 4 is 32.3 Å². The van der Waals surface area contributed by atoms with Crippen molar-refractivity contribution in [2.75, 3.05) is 0 Å². The molecule has 0 spiro atoms. The summed E-state index contributed by atoms with van der Waals surface area (Å²) in [5.41, 5.74) is 16.1. The monoisotopic (exact) mass is 773 g/mol. The van der Waals surface area contributed by atoms with Crippen molar-refractivity contribution in [1.29, 1.82) is 0 Å². The minimum Gasteiger partial charge on any atom is -0.248 e. The molecule has 11 aromatic rings. The molecular formula is C60H39N. The van der Waals surface area contributed by atoms with Crippen LogP contribution in [0.4, 0.5) is 0 Å². The van der Waals surface area contributed by atoms with Gasteiger partial charge in [0.1, 0.15) is 0 Å². The van der Waals surface area contributed by atoms with Gasteiger partial charge in [0.15, 0.2) is 0 Å². The van der Waals surface area contributed by atoms with Crippen LogP contribution in [0.25, 0.3) is 88.2 Å². The highest BCUT2D eigenvalue weighted by atomic mass is 14.7. The SMILES string of the molecule is c1ccc(-c2cc(-c3ccccc3)nc(-c3ccc4c(c3)c3ccccc3c3cccc(-c5ccc6c(c5)C(c5ccccc5)(c5ccccc5)c5ccccc5-6)c34)c2)cc1. The predicted octanol–water partition coefficient (Wildman–Crippen LogP) is 15.6. The predicted molar refractivity (Wildman–Crippen MR) is 256 cm³/mol. The summed E-state index contributed by atoms with van der Waals surface area (Å²) in [5.74, 6) is 0. The Hall–Kier alpha value is -7.87. The van der Waals surface area contributed by atoms with E-state index < -0.39 is 5.41 Å². The second-order valence-corrected chi connectivity index (χ2v) is 16.2. The third kappa shape index (κ3) is 5.51. The zero-order valence-electron chi connectivity index (χ0n) is 33.5. The summed E-state index contributed by atoms with van der Waals surface area (Å²) < 4.78 is 0. The van der Waals surface area contributed by atoms with Crippen LogP contribution in [0, 0.1) is 0 Å². The molecule has 1 aliphatic rings. The molecule has 0 radical (unpaired) electrons. The molecular weight excluding hydrogens is 735 g/mol. The molecule has 0 amide bonds. The zero-order valence-corrected chi connectivity index (χ0v) is 33.5. The molecule has 0 N–H and O–H groups in total. The van der Waals surface area contributed by atoms with Gasteiger partial charge in [-0.05, 0) is 112 Å². The Morgan fingerprint density at radius 2 is 0.770 bits per heavy atom.